The van der Waals surface area contributed by atoms with Gasteiger partial charge >= 0.3 is 0 Å². The standard InChI is InChI=1S/C15H15ClN2O3/c1-2-21-13-7-6-9(8-11(13)16)18-15(20)10-4-3-5-12(17)14(10)19/h3-8,19H,2,17H2,1H3,(H,18,20). The zero-order valence-electron chi connectivity index (χ0n) is 11.4. The van der Waals surface area contributed by atoms with E-state index in [9.17, 15) is 9.90 Å². The Hall–Kier alpha value is -2.40. The minimum absolute atomic E-state index is 0.0972. The molecule has 0 aliphatic heterocycles. The first-order chi connectivity index (χ1) is 10.0. The lowest BCUT2D eigenvalue weighted by atomic mass is 10.1. The molecule has 0 atom stereocenters. The van der Waals surface area contributed by atoms with E-state index in [0.717, 1.165) is 0 Å². The number of phenolic OH excluding ortho intramolecular Hbond substituents is 1. The van der Waals surface area contributed by atoms with Gasteiger partial charge < -0.3 is 20.9 Å². The number of ether oxygens (including phenoxy) is 1. The summed E-state index contributed by atoms with van der Waals surface area (Å²) in [6.45, 7) is 2.36. The molecule has 1 amide bonds. The molecule has 4 N–H and O–H groups in total. The van der Waals surface area contributed by atoms with Gasteiger partial charge in [-0.1, -0.05) is 17.7 Å². The topological polar surface area (TPSA) is 84.6 Å². The second kappa shape index (κ2) is 6.37. The summed E-state index contributed by atoms with van der Waals surface area (Å²) in [7, 11) is 0. The minimum Gasteiger partial charge on any atom is -0.505 e. The quantitative estimate of drug-likeness (QED) is 0.598. The number of benzene rings is 2. The molecule has 5 nitrogen and oxygen atoms in total. The number of phenols is 1. The predicted molar refractivity (Wildman–Crippen MR) is 83.1 cm³/mol. The van der Waals surface area contributed by atoms with Crippen molar-refractivity contribution in [1.29, 1.82) is 0 Å². The number of hydrogen-bond acceptors (Lipinski definition) is 4. The van der Waals surface area contributed by atoms with Gasteiger partial charge in [-0.05, 0) is 37.3 Å². The molecule has 0 aromatic heterocycles. The SMILES string of the molecule is CCOc1ccc(NC(=O)c2cccc(N)c2O)cc1Cl. The molecule has 2 rings (SSSR count). The van der Waals surface area contributed by atoms with Gasteiger partial charge in [0, 0.05) is 5.69 Å². The molecule has 0 aliphatic carbocycles. The summed E-state index contributed by atoms with van der Waals surface area (Å²) in [5.41, 5.74) is 6.30. The van der Waals surface area contributed by atoms with E-state index in [1.807, 2.05) is 6.92 Å². The van der Waals surface area contributed by atoms with Gasteiger partial charge in [0.2, 0.25) is 0 Å². The average Bonchev–Trinajstić information content (AvgIpc) is 2.45. The average molecular weight is 307 g/mol. The number of halogens is 1. The molecule has 2 aromatic carbocycles. The lowest BCUT2D eigenvalue weighted by molar-refractivity contribution is 0.102. The van der Waals surface area contributed by atoms with E-state index in [1.165, 1.54) is 12.1 Å². The molecule has 0 radical (unpaired) electrons. The van der Waals surface area contributed by atoms with Crippen molar-refractivity contribution in [2.75, 3.05) is 17.7 Å². The molecule has 0 saturated carbocycles. The maximum Gasteiger partial charge on any atom is 0.259 e. The maximum atomic E-state index is 12.1. The van der Waals surface area contributed by atoms with Crippen molar-refractivity contribution in [2.24, 2.45) is 0 Å². The Labute approximate surface area is 127 Å². The van der Waals surface area contributed by atoms with Gasteiger partial charge in [-0.25, -0.2) is 0 Å². The third kappa shape index (κ3) is 3.38. The second-order valence-electron chi connectivity index (χ2n) is 4.28. The number of amides is 1. The van der Waals surface area contributed by atoms with Crippen molar-refractivity contribution < 1.29 is 14.6 Å². The van der Waals surface area contributed by atoms with E-state index in [2.05, 4.69) is 5.32 Å². The van der Waals surface area contributed by atoms with Gasteiger partial charge in [0.1, 0.15) is 5.75 Å². The summed E-state index contributed by atoms with van der Waals surface area (Å²) in [6, 6.07) is 9.50. The largest absolute Gasteiger partial charge is 0.505 e. The highest BCUT2D eigenvalue weighted by Gasteiger charge is 2.13. The van der Waals surface area contributed by atoms with Crippen LogP contribution in [0.15, 0.2) is 36.4 Å². The molecular weight excluding hydrogens is 292 g/mol. The first kappa shape index (κ1) is 15.0. The molecule has 6 heteroatoms. The zero-order valence-corrected chi connectivity index (χ0v) is 12.1. The van der Waals surface area contributed by atoms with Gasteiger partial charge in [0.25, 0.3) is 5.91 Å². The Balaban J connectivity index is 2.20. The van der Waals surface area contributed by atoms with Crippen LogP contribution < -0.4 is 15.8 Å². The molecule has 0 bridgehead atoms. The first-order valence-electron chi connectivity index (χ1n) is 6.34. The van der Waals surface area contributed by atoms with Crippen LogP contribution in [0, 0.1) is 0 Å². The number of carbonyl (C=O) groups excluding carboxylic acids is 1. The molecule has 0 saturated heterocycles. The number of rotatable bonds is 4. The Morgan fingerprint density at radius 2 is 2.14 bits per heavy atom. The molecule has 0 spiro atoms. The molecule has 2 aromatic rings. The molecule has 0 heterocycles. The number of hydrogen-bond donors (Lipinski definition) is 3. The van der Waals surface area contributed by atoms with Gasteiger partial charge in [-0.3, -0.25) is 4.79 Å². The second-order valence-corrected chi connectivity index (χ2v) is 4.68. The van der Waals surface area contributed by atoms with Gasteiger partial charge in [0.05, 0.1) is 22.9 Å². The number of anilines is 2. The highest BCUT2D eigenvalue weighted by molar-refractivity contribution is 6.32. The lowest BCUT2D eigenvalue weighted by Gasteiger charge is -2.10. The summed E-state index contributed by atoms with van der Waals surface area (Å²) in [5, 5.41) is 12.8. The number of nitrogens with two attached hydrogens (primary N) is 1. The van der Waals surface area contributed by atoms with Gasteiger partial charge in [-0.15, -0.1) is 0 Å². The zero-order chi connectivity index (χ0) is 15.4. The van der Waals surface area contributed by atoms with Crippen LogP contribution >= 0.6 is 11.6 Å². The van der Waals surface area contributed by atoms with Gasteiger partial charge in [-0.2, -0.15) is 0 Å². The lowest BCUT2D eigenvalue weighted by Crippen LogP contribution is -2.12. The Morgan fingerprint density at radius 1 is 1.38 bits per heavy atom. The molecular formula is C15H15ClN2O3. The van der Waals surface area contributed by atoms with Crippen LogP contribution in [-0.2, 0) is 0 Å². The van der Waals surface area contributed by atoms with Crippen molar-refractivity contribution in [2.45, 2.75) is 6.92 Å². The Bertz CT molecular complexity index is 674. The Morgan fingerprint density at radius 3 is 2.81 bits per heavy atom. The maximum absolute atomic E-state index is 12.1. The fourth-order valence-corrected chi connectivity index (χ4v) is 2.03. The van der Waals surface area contributed by atoms with E-state index in [1.54, 1.807) is 24.3 Å². The summed E-state index contributed by atoms with van der Waals surface area (Å²) >= 11 is 6.05. The summed E-state index contributed by atoms with van der Waals surface area (Å²) in [6.07, 6.45) is 0. The van der Waals surface area contributed by atoms with Crippen LogP contribution in [0.4, 0.5) is 11.4 Å². The summed E-state index contributed by atoms with van der Waals surface area (Å²) in [5.74, 6) is -0.170. The highest BCUT2D eigenvalue weighted by atomic mass is 35.5. The van der Waals surface area contributed by atoms with E-state index in [0.29, 0.717) is 23.1 Å². The number of nitrogens with one attached hydrogen (secondary N) is 1. The van der Waals surface area contributed by atoms with Crippen LogP contribution in [0.3, 0.4) is 0 Å². The third-order valence-corrected chi connectivity index (χ3v) is 3.10. The van der Waals surface area contributed by atoms with Crippen molar-refractivity contribution in [1.82, 2.24) is 0 Å². The van der Waals surface area contributed by atoms with Crippen LogP contribution in [0.1, 0.15) is 17.3 Å². The highest BCUT2D eigenvalue weighted by Crippen LogP contribution is 2.29. The summed E-state index contributed by atoms with van der Waals surface area (Å²) in [4.78, 5) is 12.1. The van der Waals surface area contributed by atoms with E-state index >= 15 is 0 Å². The normalized spacial score (nSPS) is 10.2. The number of aromatic hydroxyl groups is 1. The van der Waals surface area contributed by atoms with Crippen molar-refractivity contribution in [3.05, 3.63) is 47.0 Å². The van der Waals surface area contributed by atoms with Crippen LogP contribution in [0.2, 0.25) is 5.02 Å². The third-order valence-electron chi connectivity index (χ3n) is 2.80. The van der Waals surface area contributed by atoms with Gasteiger partial charge in [0.15, 0.2) is 5.75 Å². The monoisotopic (exact) mass is 306 g/mol. The molecule has 21 heavy (non-hydrogen) atoms. The molecule has 110 valence electrons. The van der Waals surface area contributed by atoms with Crippen LogP contribution in [0.5, 0.6) is 11.5 Å². The Kier molecular flexibility index (Phi) is 4.55. The van der Waals surface area contributed by atoms with Crippen LogP contribution in [-0.4, -0.2) is 17.6 Å². The van der Waals surface area contributed by atoms with E-state index < -0.39 is 5.91 Å². The summed E-state index contributed by atoms with van der Waals surface area (Å²) < 4.78 is 5.31. The fraction of sp³-hybridized carbons (Fsp3) is 0.133. The van der Waals surface area contributed by atoms with Crippen molar-refractivity contribution in [3.63, 3.8) is 0 Å². The smallest absolute Gasteiger partial charge is 0.259 e. The van der Waals surface area contributed by atoms with E-state index in [-0.39, 0.29) is 17.0 Å². The number of nitrogen functional groups attached to an aromatic ring is 1. The number of para-hydroxylation sites is 1. The molecule has 0 unspecified atom stereocenters. The number of carbonyl (C=O) groups is 1. The molecule has 0 aliphatic rings. The van der Waals surface area contributed by atoms with Crippen molar-refractivity contribution in [3.8, 4) is 11.5 Å². The first-order valence-corrected chi connectivity index (χ1v) is 6.72. The van der Waals surface area contributed by atoms with Crippen LogP contribution in [0.25, 0.3) is 0 Å². The van der Waals surface area contributed by atoms with Crippen molar-refractivity contribution >= 4 is 28.9 Å². The minimum atomic E-state index is -0.472. The van der Waals surface area contributed by atoms with E-state index in [4.69, 9.17) is 22.1 Å². The predicted octanol–water partition coefficient (Wildman–Crippen LogP) is 3.28. The molecule has 0 fully saturated rings. The fourth-order valence-electron chi connectivity index (χ4n) is 1.79.